The van der Waals surface area contributed by atoms with Gasteiger partial charge in [0.05, 0.1) is 0 Å². The molecule has 0 aromatic carbocycles. The summed E-state index contributed by atoms with van der Waals surface area (Å²) in [7, 11) is 0. The number of carbonyl (C=O) groups excluding carboxylic acids is 3. The molecule has 1 aliphatic rings. The van der Waals surface area contributed by atoms with Crippen molar-refractivity contribution >= 4 is 17.6 Å². The summed E-state index contributed by atoms with van der Waals surface area (Å²) in [6, 6.07) is 0. The summed E-state index contributed by atoms with van der Waals surface area (Å²) in [4.78, 5) is 35.4. The van der Waals surface area contributed by atoms with Gasteiger partial charge in [0, 0.05) is 31.2 Å². The van der Waals surface area contributed by atoms with Crippen molar-refractivity contribution < 1.29 is 14.4 Å². The summed E-state index contributed by atoms with van der Waals surface area (Å²) < 4.78 is 0. The Morgan fingerprint density at radius 2 is 1.76 bits per heavy atom. The fourth-order valence-electron chi connectivity index (χ4n) is 2.45. The molecule has 0 fully saturated rings. The molecule has 1 aliphatic heterocycles. The van der Waals surface area contributed by atoms with Crippen molar-refractivity contribution in [1.82, 2.24) is 10.2 Å². The third kappa shape index (κ3) is 5.79. The number of imide groups is 1. The molecular formula is C16H26N2O3. The molecule has 2 amide bonds. The molecule has 1 rings (SSSR count). The number of hydrogen-bond acceptors (Lipinski definition) is 4. The van der Waals surface area contributed by atoms with Crippen LogP contribution in [-0.4, -0.2) is 42.1 Å². The Morgan fingerprint density at radius 3 is 2.29 bits per heavy atom. The monoisotopic (exact) mass is 294 g/mol. The van der Waals surface area contributed by atoms with Crippen LogP contribution in [0.2, 0.25) is 0 Å². The van der Waals surface area contributed by atoms with Crippen molar-refractivity contribution in [3.05, 3.63) is 12.2 Å². The molecule has 1 N–H and O–H groups in total. The maximum atomic E-state index is 11.4. The molecule has 0 saturated heterocycles. The highest BCUT2D eigenvalue weighted by atomic mass is 16.2. The van der Waals surface area contributed by atoms with Gasteiger partial charge in [-0.25, -0.2) is 0 Å². The average Bonchev–Trinajstić information content (AvgIpc) is 2.72. The number of rotatable bonds is 10. The topological polar surface area (TPSA) is 66.5 Å². The summed E-state index contributed by atoms with van der Waals surface area (Å²) in [5.41, 5.74) is 0. The highest BCUT2D eigenvalue weighted by molar-refractivity contribution is 6.12. The molecule has 0 saturated carbocycles. The summed E-state index contributed by atoms with van der Waals surface area (Å²) in [5, 5.41) is 3.31. The van der Waals surface area contributed by atoms with Crippen molar-refractivity contribution in [2.75, 3.05) is 19.6 Å². The molecule has 0 spiro atoms. The van der Waals surface area contributed by atoms with E-state index < -0.39 is 0 Å². The first-order chi connectivity index (χ1) is 9.93. The van der Waals surface area contributed by atoms with Crippen LogP contribution < -0.4 is 5.32 Å². The number of amides is 2. The van der Waals surface area contributed by atoms with Crippen LogP contribution in [0.5, 0.6) is 0 Å². The molecule has 0 aromatic heterocycles. The molecule has 0 aliphatic carbocycles. The summed E-state index contributed by atoms with van der Waals surface area (Å²) in [6.07, 6.45) is 5.39. The molecule has 0 bridgehead atoms. The lowest BCUT2D eigenvalue weighted by molar-refractivity contribution is -0.136. The van der Waals surface area contributed by atoms with E-state index in [1.807, 2.05) is 0 Å². The molecule has 1 heterocycles. The zero-order chi connectivity index (χ0) is 15.8. The van der Waals surface area contributed by atoms with Gasteiger partial charge < -0.3 is 5.32 Å². The first-order valence-electron chi connectivity index (χ1n) is 7.68. The molecule has 5 nitrogen and oxygen atoms in total. The van der Waals surface area contributed by atoms with Gasteiger partial charge in [0.2, 0.25) is 0 Å². The summed E-state index contributed by atoms with van der Waals surface area (Å²) >= 11 is 0. The van der Waals surface area contributed by atoms with Crippen molar-refractivity contribution in [3.63, 3.8) is 0 Å². The number of nitrogens with one attached hydrogen (secondary N) is 1. The van der Waals surface area contributed by atoms with Gasteiger partial charge >= 0.3 is 0 Å². The predicted molar refractivity (Wildman–Crippen MR) is 81.6 cm³/mol. The number of ketones is 1. The minimum Gasteiger partial charge on any atom is -0.316 e. The minimum absolute atomic E-state index is 0.0796. The van der Waals surface area contributed by atoms with E-state index in [1.54, 1.807) is 6.92 Å². The van der Waals surface area contributed by atoms with Crippen LogP contribution >= 0.6 is 0 Å². The van der Waals surface area contributed by atoms with Gasteiger partial charge in [-0.15, -0.1) is 0 Å². The third-order valence-corrected chi connectivity index (χ3v) is 3.83. The van der Waals surface area contributed by atoms with Gasteiger partial charge in [-0.3, -0.25) is 19.3 Å². The second-order valence-electron chi connectivity index (χ2n) is 5.89. The maximum absolute atomic E-state index is 11.4. The number of nitrogens with zero attached hydrogens (tertiary/aromatic N) is 1. The van der Waals surface area contributed by atoms with Crippen LogP contribution in [0.1, 0.15) is 40.0 Å². The number of unbranched alkanes of at least 4 members (excludes halogenated alkanes) is 2. The normalized spacial score (nSPS) is 16.1. The van der Waals surface area contributed by atoms with Crippen LogP contribution in [0.4, 0.5) is 0 Å². The van der Waals surface area contributed by atoms with E-state index in [4.69, 9.17) is 0 Å². The van der Waals surface area contributed by atoms with Crippen molar-refractivity contribution in [2.45, 2.75) is 40.0 Å². The smallest absolute Gasteiger partial charge is 0.253 e. The lowest BCUT2D eigenvalue weighted by Gasteiger charge is -2.18. The minimum atomic E-state index is -0.209. The van der Waals surface area contributed by atoms with Gasteiger partial charge in [0.15, 0.2) is 0 Å². The SMILES string of the molecule is CC(=O)[C@H](CNCCCCCN1C(=O)C=CC1=O)C(C)C. The molecule has 0 aromatic rings. The number of carbonyl (C=O) groups is 3. The van der Waals surface area contributed by atoms with Gasteiger partial charge in [-0.1, -0.05) is 20.3 Å². The van der Waals surface area contributed by atoms with Crippen molar-refractivity contribution in [3.8, 4) is 0 Å². The van der Waals surface area contributed by atoms with Crippen molar-refractivity contribution in [1.29, 1.82) is 0 Å². The van der Waals surface area contributed by atoms with Gasteiger partial charge in [0.1, 0.15) is 5.78 Å². The lowest BCUT2D eigenvalue weighted by atomic mass is 9.92. The van der Waals surface area contributed by atoms with E-state index in [9.17, 15) is 14.4 Å². The lowest BCUT2D eigenvalue weighted by Crippen LogP contribution is -2.32. The van der Waals surface area contributed by atoms with Gasteiger partial charge in [-0.05, 0) is 32.2 Å². The fraction of sp³-hybridized carbons (Fsp3) is 0.688. The standard InChI is InChI=1S/C16H26N2O3/c1-12(2)14(13(3)19)11-17-9-5-4-6-10-18-15(20)7-8-16(18)21/h7-8,12,14,17H,4-6,9-11H2,1-3H3/t14-/m1/s1. The van der Waals surface area contributed by atoms with E-state index in [0.717, 1.165) is 32.4 Å². The Hall–Kier alpha value is -1.49. The van der Waals surface area contributed by atoms with Crippen LogP contribution in [0.15, 0.2) is 12.2 Å². The first-order valence-corrected chi connectivity index (χ1v) is 7.68. The molecule has 1 atom stereocenters. The zero-order valence-electron chi connectivity index (χ0n) is 13.2. The molecule has 0 unspecified atom stereocenters. The fourth-order valence-corrected chi connectivity index (χ4v) is 2.45. The highest BCUT2D eigenvalue weighted by Gasteiger charge is 2.22. The van der Waals surface area contributed by atoms with Crippen LogP contribution in [-0.2, 0) is 14.4 Å². The summed E-state index contributed by atoms with van der Waals surface area (Å²) in [5.74, 6) is 0.250. The molecule has 21 heavy (non-hydrogen) atoms. The Morgan fingerprint density at radius 1 is 1.14 bits per heavy atom. The van der Waals surface area contributed by atoms with Gasteiger partial charge in [-0.2, -0.15) is 0 Å². The molecule has 5 heteroatoms. The molecule has 118 valence electrons. The highest BCUT2D eigenvalue weighted by Crippen LogP contribution is 2.11. The summed E-state index contributed by atoms with van der Waals surface area (Å²) in [6.45, 7) is 7.84. The largest absolute Gasteiger partial charge is 0.316 e. The third-order valence-electron chi connectivity index (χ3n) is 3.83. The quantitative estimate of drug-likeness (QED) is 0.490. The second kappa shape index (κ2) is 8.72. The maximum Gasteiger partial charge on any atom is 0.253 e. The van der Waals surface area contributed by atoms with Crippen molar-refractivity contribution in [2.24, 2.45) is 11.8 Å². The van der Waals surface area contributed by atoms with Crippen LogP contribution in [0, 0.1) is 11.8 Å². The predicted octanol–water partition coefficient (Wildman–Crippen LogP) is 1.53. The van der Waals surface area contributed by atoms with Gasteiger partial charge in [0.25, 0.3) is 11.8 Å². The molecular weight excluding hydrogens is 268 g/mol. The zero-order valence-corrected chi connectivity index (χ0v) is 13.2. The van der Waals surface area contributed by atoms with Crippen LogP contribution in [0.3, 0.4) is 0 Å². The van der Waals surface area contributed by atoms with E-state index in [1.165, 1.54) is 17.1 Å². The van der Waals surface area contributed by atoms with E-state index in [0.29, 0.717) is 12.5 Å². The second-order valence-corrected chi connectivity index (χ2v) is 5.89. The van der Waals surface area contributed by atoms with Crippen LogP contribution in [0.25, 0.3) is 0 Å². The number of Topliss-reactive ketones (excluding diaryl/α,β-unsaturated/α-hetero) is 1. The first kappa shape index (κ1) is 17.6. The Kier molecular flexibility index (Phi) is 7.29. The van der Waals surface area contributed by atoms with E-state index in [-0.39, 0.29) is 23.5 Å². The Labute approximate surface area is 126 Å². The molecule has 0 radical (unpaired) electrons. The van der Waals surface area contributed by atoms with E-state index >= 15 is 0 Å². The average molecular weight is 294 g/mol. The van der Waals surface area contributed by atoms with E-state index in [2.05, 4.69) is 19.2 Å². The Balaban J connectivity index is 2.06. The Bertz CT molecular complexity index is 398. The number of hydrogen-bond donors (Lipinski definition) is 1.